The third-order valence-electron chi connectivity index (χ3n) is 5.88. The number of benzene rings is 3. The van der Waals surface area contributed by atoms with Crippen molar-refractivity contribution in [2.24, 2.45) is 0 Å². The van der Waals surface area contributed by atoms with Crippen molar-refractivity contribution in [2.45, 2.75) is 6.92 Å². The molecule has 0 spiro atoms. The molecule has 0 saturated carbocycles. The highest BCUT2D eigenvalue weighted by Gasteiger charge is 2.24. The van der Waals surface area contributed by atoms with E-state index in [1.807, 2.05) is 66.4 Å². The van der Waals surface area contributed by atoms with Crippen molar-refractivity contribution in [3.05, 3.63) is 90.0 Å². The van der Waals surface area contributed by atoms with E-state index in [-0.39, 0.29) is 5.91 Å². The number of carbonyl (C=O) groups excluding carboxylic acids is 1. The first-order valence-corrected chi connectivity index (χ1v) is 10.6. The average molecular weight is 409 g/mol. The van der Waals surface area contributed by atoms with E-state index >= 15 is 0 Å². The van der Waals surface area contributed by atoms with Gasteiger partial charge in [0.15, 0.2) is 5.82 Å². The number of anilines is 1. The standard InChI is InChI=1S/C26H24N4O/c1-19-11-13-21(14-12-19)26(31)30-17-15-29(16-18-30)25-23-10-6-5-9-22(23)24(27-28-25)20-7-3-2-4-8-20/h2-14H,15-18H2,1H3. The minimum Gasteiger partial charge on any atom is -0.351 e. The smallest absolute Gasteiger partial charge is 0.253 e. The summed E-state index contributed by atoms with van der Waals surface area (Å²) in [7, 11) is 0. The molecule has 31 heavy (non-hydrogen) atoms. The highest BCUT2D eigenvalue weighted by Crippen LogP contribution is 2.31. The van der Waals surface area contributed by atoms with Crippen LogP contribution < -0.4 is 4.90 Å². The number of rotatable bonds is 3. The third kappa shape index (κ3) is 3.75. The molecule has 1 amide bonds. The van der Waals surface area contributed by atoms with Crippen LogP contribution in [0.5, 0.6) is 0 Å². The second kappa shape index (κ2) is 8.19. The highest BCUT2D eigenvalue weighted by atomic mass is 16.2. The average Bonchev–Trinajstić information content (AvgIpc) is 2.84. The van der Waals surface area contributed by atoms with Crippen LogP contribution in [0.15, 0.2) is 78.9 Å². The minimum absolute atomic E-state index is 0.0926. The summed E-state index contributed by atoms with van der Waals surface area (Å²) < 4.78 is 0. The van der Waals surface area contributed by atoms with Crippen LogP contribution in [0.3, 0.4) is 0 Å². The van der Waals surface area contributed by atoms with Crippen LogP contribution in [-0.4, -0.2) is 47.2 Å². The van der Waals surface area contributed by atoms with Crippen molar-refractivity contribution >= 4 is 22.5 Å². The zero-order chi connectivity index (χ0) is 21.2. The van der Waals surface area contributed by atoms with Gasteiger partial charge in [0, 0.05) is 48.1 Å². The number of carbonyl (C=O) groups is 1. The Morgan fingerprint density at radius 2 is 1.39 bits per heavy atom. The molecule has 1 saturated heterocycles. The Morgan fingerprint density at radius 1 is 0.742 bits per heavy atom. The predicted octanol–water partition coefficient (Wildman–Crippen LogP) is 4.57. The minimum atomic E-state index is 0.0926. The first-order valence-electron chi connectivity index (χ1n) is 10.6. The van der Waals surface area contributed by atoms with Gasteiger partial charge in [0.2, 0.25) is 0 Å². The van der Waals surface area contributed by atoms with Crippen LogP contribution in [0.1, 0.15) is 15.9 Å². The SMILES string of the molecule is Cc1ccc(C(=O)N2CCN(c3nnc(-c4ccccc4)c4ccccc34)CC2)cc1. The van der Waals surface area contributed by atoms with Gasteiger partial charge in [-0.15, -0.1) is 10.2 Å². The lowest BCUT2D eigenvalue weighted by Gasteiger charge is -2.35. The maximum absolute atomic E-state index is 12.8. The fourth-order valence-corrected chi connectivity index (χ4v) is 4.13. The first kappa shape index (κ1) is 19.2. The lowest BCUT2D eigenvalue weighted by molar-refractivity contribution is 0.0746. The zero-order valence-corrected chi connectivity index (χ0v) is 17.5. The van der Waals surface area contributed by atoms with E-state index in [2.05, 4.69) is 39.4 Å². The van der Waals surface area contributed by atoms with Crippen LogP contribution >= 0.6 is 0 Å². The summed E-state index contributed by atoms with van der Waals surface area (Å²) >= 11 is 0. The van der Waals surface area contributed by atoms with Gasteiger partial charge >= 0.3 is 0 Å². The molecule has 0 atom stereocenters. The molecule has 1 aliphatic heterocycles. The van der Waals surface area contributed by atoms with Gasteiger partial charge in [0.05, 0.1) is 0 Å². The topological polar surface area (TPSA) is 49.3 Å². The molecule has 1 aromatic heterocycles. The number of hydrogen-bond acceptors (Lipinski definition) is 4. The van der Waals surface area contributed by atoms with Gasteiger partial charge in [-0.3, -0.25) is 4.79 Å². The Bertz CT molecular complexity index is 1210. The van der Waals surface area contributed by atoms with Crippen LogP contribution in [0, 0.1) is 6.92 Å². The van der Waals surface area contributed by atoms with Gasteiger partial charge in [-0.25, -0.2) is 0 Å². The van der Waals surface area contributed by atoms with E-state index in [1.165, 1.54) is 0 Å². The Morgan fingerprint density at radius 3 is 2.10 bits per heavy atom. The quantitative estimate of drug-likeness (QED) is 0.498. The summed E-state index contributed by atoms with van der Waals surface area (Å²) in [6.07, 6.45) is 0. The predicted molar refractivity (Wildman–Crippen MR) is 124 cm³/mol. The molecule has 2 heterocycles. The van der Waals surface area contributed by atoms with Gasteiger partial charge in [-0.1, -0.05) is 72.3 Å². The Hall–Kier alpha value is -3.73. The first-order chi connectivity index (χ1) is 15.2. The molecule has 5 nitrogen and oxygen atoms in total. The van der Waals surface area contributed by atoms with Gasteiger partial charge in [0.25, 0.3) is 5.91 Å². The van der Waals surface area contributed by atoms with E-state index in [0.29, 0.717) is 13.1 Å². The van der Waals surface area contributed by atoms with Crippen molar-refractivity contribution in [3.63, 3.8) is 0 Å². The molecule has 0 bridgehead atoms. The van der Waals surface area contributed by atoms with Crippen molar-refractivity contribution in [3.8, 4) is 11.3 Å². The molecule has 5 heteroatoms. The van der Waals surface area contributed by atoms with E-state index in [9.17, 15) is 4.79 Å². The van der Waals surface area contributed by atoms with E-state index < -0.39 is 0 Å². The Balaban J connectivity index is 1.39. The van der Waals surface area contributed by atoms with Gasteiger partial charge in [-0.2, -0.15) is 0 Å². The van der Waals surface area contributed by atoms with E-state index in [0.717, 1.165) is 52.1 Å². The van der Waals surface area contributed by atoms with Crippen LogP contribution in [0.25, 0.3) is 22.0 Å². The number of nitrogens with zero attached hydrogens (tertiary/aromatic N) is 4. The third-order valence-corrected chi connectivity index (χ3v) is 5.88. The van der Waals surface area contributed by atoms with Crippen molar-refractivity contribution in [1.29, 1.82) is 0 Å². The monoisotopic (exact) mass is 408 g/mol. The van der Waals surface area contributed by atoms with Crippen molar-refractivity contribution in [2.75, 3.05) is 31.1 Å². The van der Waals surface area contributed by atoms with Crippen LogP contribution in [-0.2, 0) is 0 Å². The van der Waals surface area contributed by atoms with E-state index in [4.69, 9.17) is 0 Å². The number of aromatic nitrogens is 2. The lowest BCUT2D eigenvalue weighted by atomic mass is 10.0. The molecule has 1 aliphatic rings. The maximum atomic E-state index is 12.8. The number of aryl methyl sites for hydroxylation is 1. The van der Waals surface area contributed by atoms with Gasteiger partial charge < -0.3 is 9.80 Å². The summed E-state index contributed by atoms with van der Waals surface area (Å²) in [5, 5.41) is 11.4. The normalized spacial score (nSPS) is 14.1. The summed E-state index contributed by atoms with van der Waals surface area (Å²) in [6, 6.07) is 26.2. The van der Waals surface area contributed by atoms with Crippen molar-refractivity contribution in [1.82, 2.24) is 15.1 Å². The fourth-order valence-electron chi connectivity index (χ4n) is 4.13. The number of amides is 1. The largest absolute Gasteiger partial charge is 0.351 e. The van der Waals surface area contributed by atoms with Gasteiger partial charge in [0.1, 0.15) is 5.69 Å². The van der Waals surface area contributed by atoms with Crippen LogP contribution in [0.4, 0.5) is 5.82 Å². The summed E-state index contributed by atoms with van der Waals surface area (Å²) in [6.45, 7) is 4.84. The number of piperazine rings is 1. The molecule has 5 rings (SSSR count). The Labute approximate surface area is 182 Å². The Kier molecular flexibility index (Phi) is 5.08. The van der Waals surface area contributed by atoms with Gasteiger partial charge in [-0.05, 0) is 19.1 Å². The molecule has 4 aromatic rings. The van der Waals surface area contributed by atoms with Crippen LogP contribution in [0.2, 0.25) is 0 Å². The number of hydrogen-bond donors (Lipinski definition) is 0. The molecule has 0 radical (unpaired) electrons. The lowest BCUT2D eigenvalue weighted by Crippen LogP contribution is -2.49. The highest BCUT2D eigenvalue weighted by molar-refractivity contribution is 6.00. The summed E-state index contributed by atoms with van der Waals surface area (Å²) in [5.41, 5.74) is 3.86. The molecule has 0 N–H and O–H groups in total. The van der Waals surface area contributed by atoms with Crippen molar-refractivity contribution < 1.29 is 4.79 Å². The fraction of sp³-hybridized carbons (Fsp3) is 0.192. The molecular formula is C26H24N4O. The molecule has 3 aromatic carbocycles. The zero-order valence-electron chi connectivity index (χ0n) is 17.5. The summed E-state index contributed by atoms with van der Waals surface area (Å²) in [5.74, 6) is 0.979. The van der Waals surface area contributed by atoms with E-state index in [1.54, 1.807) is 0 Å². The molecule has 0 aliphatic carbocycles. The molecule has 154 valence electrons. The molecule has 1 fully saturated rings. The molecular weight excluding hydrogens is 384 g/mol. The summed E-state index contributed by atoms with van der Waals surface area (Å²) in [4.78, 5) is 17.0. The number of fused-ring (bicyclic) bond motifs is 1. The maximum Gasteiger partial charge on any atom is 0.253 e. The second-order valence-corrected chi connectivity index (χ2v) is 7.93. The molecule has 0 unspecified atom stereocenters. The second-order valence-electron chi connectivity index (χ2n) is 7.93.